The molecule has 0 atom stereocenters. The molecule has 2 heterocycles. The van der Waals surface area contributed by atoms with Crippen LogP contribution in [-0.4, -0.2) is 59.1 Å². The van der Waals surface area contributed by atoms with Crippen molar-refractivity contribution in [3.8, 4) is 0 Å². The lowest BCUT2D eigenvalue weighted by atomic mass is 10.2. The average Bonchev–Trinajstić information content (AvgIpc) is 2.29. The van der Waals surface area contributed by atoms with Gasteiger partial charge in [0, 0.05) is 41.1 Å². The van der Waals surface area contributed by atoms with E-state index in [1.165, 1.54) is 57.1 Å². The first-order chi connectivity index (χ1) is 8.16. The van der Waals surface area contributed by atoms with Crippen LogP contribution in [-0.2, 0) is 0 Å². The van der Waals surface area contributed by atoms with Crippen LogP contribution in [0.4, 0.5) is 0 Å². The minimum atomic E-state index is 0.470. The van der Waals surface area contributed by atoms with Crippen molar-refractivity contribution in [1.29, 1.82) is 0 Å². The Bertz CT molecular complexity index is 227. The molecule has 0 radical (unpaired) electrons. The molecule has 100 valence electrons. The van der Waals surface area contributed by atoms with E-state index in [0.29, 0.717) is 4.75 Å². The van der Waals surface area contributed by atoms with Gasteiger partial charge in [0.15, 0.2) is 0 Å². The summed E-state index contributed by atoms with van der Waals surface area (Å²) in [7, 11) is 0. The fourth-order valence-electron chi connectivity index (χ4n) is 2.62. The fraction of sp³-hybridized carbons (Fsp3) is 1.00. The Kier molecular flexibility index (Phi) is 5.52. The highest BCUT2D eigenvalue weighted by Gasteiger charge is 2.26. The molecule has 0 aromatic carbocycles. The van der Waals surface area contributed by atoms with Crippen LogP contribution in [0.15, 0.2) is 0 Å². The normalized spacial score (nSPS) is 27.2. The topological polar surface area (TPSA) is 15.3 Å². The summed E-state index contributed by atoms with van der Waals surface area (Å²) in [5.41, 5.74) is 0. The van der Waals surface area contributed by atoms with Crippen LogP contribution in [0.1, 0.15) is 26.7 Å². The zero-order valence-electron chi connectivity index (χ0n) is 11.2. The molecule has 0 bridgehead atoms. The maximum atomic E-state index is 3.44. The van der Waals surface area contributed by atoms with Gasteiger partial charge in [-0.1, -0.05) is 0 Å². The maximum absolute atomic E-state index is 3.44. The van der Waals surface area contributed by atoms with Crippen molar-refractivity contribution in [2.45, 2.75) is 36.7 Å². The molecule has 0 unspecified atom stereocenters. The van der Waals surface area contributed by atoms with Gasteiger partial charge in [-0.05, 0) is 39.8 Å². The zero-order chi connectivity index (χ0) is 12.1. The predicted molar refractivity (Wildman–Crippen MR) is 81.3 cm³/mol. The lowest BCUT2D eigenvalue weighted by Crippen LogP contribution is -2.44. The Morgan fingerprint density at radius 3 is 2.82 bits per heavy atom. The van der Waals surface area contributed by atoms with Crippen molar-refractivity contribution >= 4 is 23.5 Å². The van der Waals surface area contributed by atoms with Crippen molar-refractivity contribution in [2.24, 2.45) is 0 Å². The lowest BCUT2D eigenvalue weighted by Gasteiger charge is -2.37. The SMILES string of the molecule is CC1(C)CN(CCSC2CCNCC2)CCS1. The second-order valence-electron chi connectivity index (χ2n) is 5.70. The highest BCUT2D eigenvalue weighted by Crippen LogP contribution is 2.29. The highest BCUT2D eigenvalue weighted by atomic mass is 32.2. The molecule has 0 spiro atoms. The summed E-state index contributed by atoms with van der Waals surface area (Å²) < 4.78 is 0.470. The van der Waals surface area contributed by atoms with Crippen LogP contribution < -0.4 is 5.32 Å². The van der Waals surface area contributed by atoms with Crippen LogP contribution in [0.2, 0.25) is 0 Å². The summed E-state index contributed by atoms with van der Waals surface area (Å²) in [6.07, 6.45) is 2.73. The van der Waals surface area contributed by atoms with Gasteiger partial charge in [0.05, 0.1) is 0 Å². The molecule has 0 saturated carbocycles. The van der Waals surface area contributed by atoms with Gasteiger partial charge in [-0.15, -0.1) is 0 Å². The highest BCUT2D eigenvalue weighted by molar-refractivity contribution is 8.00. The summed E-state index contributed by atoms with van der Waals surface area (Å²) in [5.74, 6) is 2.64. The first-order valence-electron chi connectivity index (χ1n) is 6.84. The van der Waals surface area contributed by atoms with E-state index >= 15 is 0 Å². The molecule has 0 aromatic rings. The fourth-order valence-corrected chi connectivity index (χ4v) is 5.06. The van der Waals surface area contributed by atoms with Gasteiger partial charge in [0.2, 0.25) is 0 Å². The molecule has 2 aliphatic heterocycles. The monoisotopic (exact) mass is 274 g/mol. The second-order valence-corrected chi connectivity index (χ2v) is 8.91. The Morgan fingerprint density at radius 1 is 1.35 bits per heavy atom. The number of nitrogens with one attached hydrogen (secondary N) is 1. The Labute approximate surface area is 115 Å². The van der Waals surface area contributed by atoms with Crippen molar-refractivity contribution in [2.75, 3.05) is 44.2 Å². The summed E-state index contributed by atoms with van der Waals surface area (Å²) in [6.45, 7) is 11.1. The number of hydrogen-bond acceptors (Lipinski definition) is 4. The lowest BCUT2D eigenvalue weighted by molar-refractivity contribution is 0.276. The number of nitrogens with zero attached hydrogens (tertiary/aromatic N) is 1. The van der Waals surface area contributed by atoms with Gasteiger partial charge in [0.25, 0.3) is 0 Å². The molecule has 0 aromatic heterocycles. The van der Waals surface area contributed by atoms with E-state index in [0.717, 1.165) is 5.25 Å². The molecule has 4 heteroatoms. The number of thioether (sulfide) groups is 2. The molecule has 2 saturated heterocycles. The first-order valence-corrected chi connectivity index (χ1v) is 8.88. The van der Waals surface area contributed by atoms with Gasteiger partial charge in [-0.25, -0.2) is 0 Å². The van der Waals surface area contributed by atoms with Gasteiger partial charge in [-0.3, -0.25) is 0 Å². The number of rotatable bonds is 4. The third kappa shape index (κ3) is 5.01. The van der Waals surface area contributed by atoms with Crippen LogP contribution >= 0.6 is 23.5 Å². The molecule has 1 N–H and O–H groups in total. The van der Waals surface area contributed by atoms with Gasteiger partial charge in [-0.2, -0.15) is 23.5 Å². The van der Waals surface area contributed by atoms with Crippen molar-refractivity contribution < 1.29 is 0 Å². The molecular weight excluding hydrogens is 248 g/mol. The largest absolute Gasteiger partial charge is 0.317 e. The van der Waals surface area contributed by atoms with Crippen LogP contribution in [0.5, 0.6) is 0 Å². The van der Waals surface area contributed by atoms with E-state index in [1.807, 2.05) is 0 Å². The van der Waals surface area contributed by atoms with Gasteiger partial charge >= 0.3 is 0 Å². The second kappa shape index (κ2) is 6.69. The zero-order valence-corrected chi connectivity index (χ0v) is 12.8. The third-order valence-electron chi connectivity index (χ3n) is 3.55. The minimum absolute atomic E-state index is 0.470. The van der Waals surface area contributed by atoms with E-state index < -0.39 is 0 Å². The number of hydrogen-bond donors (Lipinski definition) is 1. The molecule has 0 amide bonds. The molecule has 2 nitrogen and oxygen atoms in total. The van der Waals surface area contributed by atoms with Gasteiger partial charge in [0.1, 0.15) is 0 Å². The third-order valence-corrected chi connectivity index (χ3v) is 6.21. The molecular formula is C13H26N2S2. The molecule has 0 aliphatic carbocycles. The molecule has 2 aliphatic rings. The summed E-state index contributed by atoms with van der Waals surface area (Å²) in [6, 6.07) is 0. The van der Waals surface area contributed by atoms with E-state index in [2.05, 4.69) is 47.6 Å². The smallest absolute Gasteiger partial charge is 0.0231 e. The predicted octanol–water partition coefficient (Wildman–Crippen LogP) is 2.30. The molecule has 2 fully saturated rings. The summed E-state index contributed by atoms with van der Waals surface area (Å²) in [5, 5.41) is 4.36. The molecule has 17 heavy (non-hydrogen) atoms. The first kappa shape index (κ1) is 14.0. The quantitative estimate of drug-likeness (QED) is 0.846. The minimum Gasteiger partial charge on any atom is -0.317 e. The van der Waals surface area contributed by atoms with Crippen LogP contribution in [0.25, 0.3) is 0 Å². The number of piperidine rings is 1. The Hall–Kier alpha value is 0.620. The Balaban J connectivity index is 1.61. The molecule has 2 rings (SSSR count). The van der Waals surface area contributed by atoms with Crippen molar-refractivity contribution in [3.05, 3.63) is 0 Å². The standard InChI is InChI=1S/C13H26N2S2/c1-13(2)11-15(8-10-17-13)7-9-16-12-3-5-14-6-4-12/h12,14H,3-11H2,1-2H3. The van der Waals surface area contributed by atoms with E-state index in [-0.39, 0.29) is 0 Å². The van der Waals surface area contributed by atoms with E-state index in [9.17, 15) is 0 Å². The van der Waals surface area contributed by atoms with E-state index in [1.54, 1.807) is 0 Å². The van der Waals surface area contributed by atoms with Crippen molar-refractivity contribution in [3.63, 3.8) is 0 Å². The van der Waals surface area contributed by atoms with Crippen molar-refractivity contribution in [1.82, 2.24) is 10.2 Å². The summed E-state index contributed by atoms with van der Waals surface area (Å²) in [4.78, 5) is 2.66. The average molecular weight is 274 g/mol. The summed E-state index contributed by atoms with van der Waals surface area (Å²) >= 11 is 4.33. The maximum Gasteiger partial charge on any atom is 0.0231 e. The van der Waals surface area contributed by atoms with Crippen LogP contribution in [0, 0.1) is 0 Å². The van der Waals surface area contributed by atoms with Crippen LogP contribution in [0.3, 0.4) is 0 Å². The van der Waals surface area contributed by atoms with Gasteiger partial charge < -0.3 is 10.2 Å². The Morgan fingerprint density at radius 2 is 2.12 bits per heavy atom. The van der Waals surface area contributed by atoms with E-state index in [4.69, 9.17) is 0 Å².